The minimum Gasteiger partial charge on any atom is -0.383 e. The van der Waals surface area contributed by atoms with Gasteiger partial charge in [-0.3, -0.25) is 4.79 Å². The van der Waals surface area contributed by atoms with Crippen LogP contribution in [0, 0.1) is 29.3 Å². The Kier molecular flexibility index (Phi) is 5.55. The van der Waals surface area contributed by atoms with Crippen molar-refractivity contribution in [2.24, 2.45) is 11.8 Å². The van der Waals surface area contributed by atoms with Crippen LogP contribution in [0.15, 0.2) is 36.4 Å². The lowest BCUT2D eigenvalue weighted by Gasteiger charge is -2.33. The van der Waals surface area contributed by atoms with E-state index < -0.39 is 69.9 Å². The molecule has 4 unspecified atom stereocenters. The predicted molar refractivity (Wildman–Crippen MR) is 123 cm³/mol. The van der Waals surface area contributed by atoms with Crippen molar-refractivity contribution in [2.45, 2.75) is 56.8 Å². The molecule has 5 atom stereocenters. The third-order valence-electron chi connectivity index (χ3n) is 7.01. The van der Waals surface area contributed by atoms with E-state index in [4.69, 9.17) is 2.74 Å². The number of rotatable bonds is 8. The van der Waals surface area contributed by atoms with Gasteiger partial charge in [0.25, 0.3) is 5.91 Å². The van der Waals surface area contributed by atoms with Gasteiger partial charge in [-0.05, 0) is 67.7 Å². The highest BCUT2D eigenvalue weighted by molar-refractivity contribution is 7.89. The van der Waals surface area contributed by atoms with Crippen molar-refractivity contribution < 1.29 is 34.2 Å². The molecule has 3 aliphatic rings. The van der Waals surface area contributed by atoms with E-state index in [2.05, 4.69) is 4.72 Å². The summed E-state index contributed by atoms with van der Waals surface area (Å²) < 4.78 is 87.5. The Balaban J connectivity index is 1.54. The van der Waals surface area contributed by atoms with Gasteiger partial charge in [-0.15, -0.1) is 0 Å². The topological polar surface area (TPSA) is 86.7 Å². The highest BCUT2D eigenvalue weighted by atomic mass is 32.2. The molecule has 3 fully saturated rings. The van der Waals surface area contributed by atoms with E-state index in [-0.39, 0.29) is 34.8 Å². The van der Waals surface area contributed by atoms with E-state index in [1.165, 1.54) is 30.0 Å². The predicted octanol–water partition coefficient (Wildman–Crippen LogP) is 2.99. The Morgan fingerprint density at radius 3 is 2.54 bits per heavy atom. The molecule has 1 amide bonds. The van der Waals surface area contributed by atoms with Crippen molar-refractivity contribution in [2.75, 3.05) is 5.75 Å². The van der Waals surface area contributed by atoms with Crippen LogP contribution >= 0.6 is 0 Å². The maximum absolute atomic E-state index is 15.7. The largest absolute Gasteiger partial charge is 0.383 e. The minimum atomic E-state index is -3.82. The van der Waals surface area contributed by atoms with E-state index in [1.807, 2.05) is 0 Å². The Labute approximate surface area is 205 Å². The number of hydrogen-bond acceptors (Lipinski definition) is 4. The number of hydrogen-bond donors (Lipinski definition) is 2. The van der Waals surface area contributed by atoms with Crippen LogP contribution < -0.4 is 4.72 Å². The molecule has 2 aromatic rings. The van der Waals surface area contributed by atoms with Crippen molar-refractivity contribution in [3.05, 3.63) is 59.4 Å². The average Bonchev–Trinajstić information content (AvgIpc) is 3.72. The molecular formula is C25H27F3N2O4S. The summed E-state index contributed by atoms with van der Waals surface area (Å²) in [7, 11) is -3.82. The molecule has 188 valence electrons. The second kappa shape index (κ2) is 8.90. The third kappa shape index (κ3) is 4.71. The highest BCUT2D eigenvalue weighted by Crippen LogP contribution is 2.50. The highest BCUT2D eigenvalue weighted by Gasteiger charge is 2.62. The first-order valence-corrected chi connectivity index (χ1v) is 13.2. The van der Waals surface area contributed by atoms with Crippen molar-refractivity contribution in [3.63, 3.8) is 0 Å². The second-order valence-electron chi connectivity index (χ2n) is 9.42. The van der Waals surface area contributed by atoms with Crippen molar-refractivity contribution in [1.82, 2.24) is 9.62 Å². The second-order valence-corrected chi connectivity index (χ2v) is 11.5. The summed E-state index contributed by atoms with van der Waals surface area (Å²) in [5, 5.41) is 10.6. The lowest BCUT2D eigenvalue weighted by molar-refractivity contribution is -0.143. The minimum absolute atomic E-state index is 0.0252. The van der Waals surface area contributed by atoms with Crippen LogP contribution in [0.25, 0.3) is 11.1 Å². The van der Waals surface area contributed by atoms with Gasteiger partial charge in [0.1, 0.15) is 23.6 Å². The zero-order valence-corrected chi connectivity index (χ0v) is 19.7. The van der Waals surface area contributed by atoms with Gasteiger partial charge in [-0.25, -0.2) is 26.3 Å². The third-order valence-corrected chi connectivity index (χ3v) is 8.40. The molecule has 0 radical (unpaired) electrons. The fraction of sp³-hybridized carbons (Fsp3) is 0.480. The Hall–Kier alpha value is -2.43. The number of amides is 1. The molecule has 0 bridgehead atoms. The number of nitrogens with zero attached hydrogens (tertiary/aromatic N) is 1. The number of fused-ring (bicyclic) bond motifs is 1. The Morgan fingerprint density at radius 2 is 1.91 bits per heavy atom. The summed E-state index contributed by atoms with van der Waals surface area (Å²) in [5.74, 6) is -4.63. The van der Waals surface area contributed by atoms with Crippen molar-refractivity contribution >= 4 is 15.9 Å². The van der Waals surface area contributed by atoms with E-state index in [0.717, 1.165) is 12.1 Å². The van der Waals surface area contributed by atoms with E-state index >= 15 is 4.39 Å². The Morgan fingerprint density at radius 1 is 1.23 bits per heavy atom. The summed E-state index contributed by atoms with van der Waals surface area (Å²) in [6.45, 7) is 1.42. The molecule has 2 aliphatic carbocycles. The SMILES string of the molecule is [2H]C1([2H])C2C(NS(=O)(=O)CC)C(Cc3cccc(-c4cc(F)cc(F)c4)c3F)N(C(=O)[C@H](O)C3CC3)C21. The summed E-state index contributed by atoms with van der Waals surface area (Å²) in [6, 6.07) is 3.93. The van der Waals surface area contributed by atoms with Gasteiger partial charge in [0.05, 0.1) is 11.8 Å². The van der Waals surface area contributed by atoms with E-state index in [1.54, 1.807) is 0 Å². The number of aliphatic hydroxyl groups is 1. The first-order valence-electron chi connectivity index (χ1n) is 12.6. The fourth-order valence-corrected chi connectivity index (χ4v) is 5.83. The number of likely N-dealkylation sites (tertiary alicyclic amines) is 1. The standard InChI is InChI=1S/C25H27F3N2O4S/c1-2-35(33,34)29-23-19-12-20(19)30(25(32)24(31)13-6-7-13)21(23)10-14-4-3-5-18(22(14)28)15-8-16(26)11-17(27)9-15/h3-5,8-9,11,13,19-21,23-24,29,31H,2,6-7,10,12H2,1H3/t19?,20?,21?,23?,24-/m1/s1/i12D2. The number of halogens is 3. The molecule has 10 heteroatoms. The normalized spacial score (nSPS) is 28.8. The first-order chi connectivity index (χ1) is 17.4. The number of piperidine rings is 1. The molecule has 2 N–H and O–H groups in total. The average molecular weight is 511 g/mol. The summed E-state index contributed by atoms with van der Waals surface area (Å²) in [4.78, 5) is 14.5. The number of nitrogens with one attached hydrogen (secondary N) is 1. The van der Waals surface area contributed by atoms with Crippen LogP contribution in [0.5, 0.6) is 0 Å². The lowest BCUT2D eigenvalue weighted by Crippen LogP contribution is -2.53. The maximum atomic E-state index is 15.7. The van der Waals surface area contributed by atoms with Crippen LogP contribution in [0.1, 0.15) is 34.4 Å². The van der Waals surface area contributed by atoms with E-state index in [9.17, 15) is 27.1 Å². The molecule has 2 aromatic carbocycles. The molecular weight excluding hydrogens is 481 g/mol. The molecule has 35 heavy (non-hydrogen) atoms. The quantitative estimate of drug-likeness (QED) is 0.572. The van der Waals surface area contributed by atoms with Crippen LogP contribution in [0.3, 0.4) is 0 Å². The number of aliphatic hydroxyl groups excluding tert-OH is 1. The number of sulfonamides is 1. The van der Waals surface area contributed by atoms with Gasteiger partial charge in [0.15, 0.2) is 0 Å². The maximum Gasteiger partial charge on any atom is 0.252 e. The van der Waals surface area contributed by atoms with Crippen LogP contribution in [0.4, 0.5) is 13.2 Å². The molecule has 5 rings (SSSR count). The van der Waals surface area contributed by atoms with Gasteiger partial charge >= 0.3 is 0 Å². The summed E-state index contributed by atoms with van der Waals surface area (Å²) in [5.41, 5.74) is -0.0350. The monoisotopic (exact) mass is 510 g/mol. The molecule has 0 spiro atoms. The summed E-state index contributed by atoms with van der Waals surface area (Å²) >= 11 is 0. The van der Waals surface area contributed by atoms with Gasteiger partial charge in [-0.1, -0.05) is 18.2 Å². The molecule has 0 aromatic heterocycles. The van der Waals surface area contributed by atoms with Crippen molar-refractivity contribution in [3.8, 4) is 11.1 Å². The first kappa shape index (κ1) is 21.8. The van der Waals surface area contributed by atoms with Gasteiger partial charge < -0.3 is 10.0 Å². The smallest absolute Gasteiger partial charge is 0.252 e. The number of carbonyl (C=O) groups excluding carboxylic acids is 1. The van der Waals surface area contributed by atoms with Gasteiger partial charge in [0.2, 0.25) is 10.0 Å². The lowest BCUT2D eigenvalue weighted by atomic mass is 9.94. The van der Waals surface area contributed by atoms with E-state index in [0.29, 0.717) is 18.9 Å². The Bertz CT molecular complexity index is 1340. The van der Waals surface area contributed by atoms with Crippen LogP contribution in [-0.2, 0) is 21.2 Å². The molecule has 1 heterocycles. The molecule has 1 saturated heterocycles. The zero-order valence-electron chi connectivity index (χ0n) is 20.9. The number of carbonyl (C=O) groups is 1. The van der Waals surface area contributed by atoms with Crippen LogP contribution in [-0.4, -0.2) is 54.3 Å². The molecule has 1 aliphatic heterocycles. The molecule has 6 nitrogen and oxygen atoms in total. The van der Waals surface area contributed by atoms with Crippen molar-refractivity contribution in [1.29, 1.82) is 0 Å². The number of benzene rings is 2. The molecule has 2 saturated carbocycles. The van der Waals surface area contributed by atoms with Gasteiger partial charge in [-0.2, -0.15) is 0 Å². The van der Waals surface area contributed by atoms with Gasteiger partial charge in [0, 0.05) is 26.5 Å². The zero-order chi connectivity index (χ0) is 26.9. The fourth-order valence-electron chi connectivity index (χ4n) is 4.94. The van der Waals surface area contributed by atoms with Crippen LogP contribution in [0.2, 0.25) is 0 Å². The summed E-state index contributed by atoms with van der Waals surface area (Å²) in [6.07, 6.45) is -2.12.